The predicted molar refractivity (Wildman–Crippen MR) is 130 cm³/mol. The number of rotatable bonds is 5. The van der Waals surface area contributed by atoms with E-state index < -0.39 is 0 Å². The molecule has 1 saturated heterocycles. The van der Waals surface area contributed by atoms with Gasteiger partial charge < -0.3 is 10.2 Å². The van der Waals surface area contributed by atoms with E-state index in [4.69, 9.17) is 0 Å². The molecule has 6 nitrogen and oxygen atoms in total. The molecular weight excluding hydrogens is 451 g/mol. The maximum Gasteiger partial charge on any atom is 0.254 e. The molecule has 1 aliphatic heterocycles. The fourth-order valence-electron chi connectivity index (χ4n) is 4.36. The van der Waals surface area contributed by atoms with Gasteiger partial charge in [0.25, 0.3) is 5.91 Å². The number of piperidine rings is 1. The molecule has 1 aromatic heterocycles. The molecule has 2 amide bonds. The van der Waals surface area contributed by atoms with Crippen molar-refractivity contribution in [3.63, 3.8) is 0 Å². The Morgan fingerprint density at radius 1 is 1.06 bits per heavy atom. The number of hydrogen-bond acceptors (Lipinski definition) is 5. The molecule has 0 aliphatic carbocycles. The van der Waals surface area contributed by atoms with E-state index in [0.717, 1.165) is 22.8 Å². The molecule has 1 fully saturated rings. The SMILES string of the molecule is O=C(Nc1nnc(Cc2cccc(F)c2)s1)C1CCCN(C(=O)c2cccc3ccccc23)C1. The van der Waals surface area contributed by atoms with Crippen molar-refractivity contribution in [3.05, 3.63) is 88.7 Å². The molecule has 0 spiro atoms. The molecule has 0 saturated carbocycles. The monoisotopic (exact) mass is 474 g/mol. The minimum absolute atomic E-state index is 0.0532. The van der Waals surface area contributed by atoms with Crippen molar-refractivity contribution in [2.75, 3.05) is 18.4 Å². The molecule has 0 bridgehead atoms. The summed E-state index contributed by atoms with van der Waals surface area (Å²) >= 11 is 1.27. The van der Waals surface area contributed by atoms with Gasteiger partial charge in [0.1, 0.15) is 10.8 Å². The van der Waals surface area contributed by atoms with Crippen molar-refractivity contribution in [2.24, 2.45) is 5.92 Å². The summed E-state index contributed by atoms with van der Waals surface area (Å²) in [6, 6.07) is 19.9. The number of fused-ring (bicyclic) bond motifs is 1. The fourth-order valence-corrected chi connectivity index (χ4v) is 5.14. The number of nitrogens with zero attached hydrogens (tertiary/aromatic N) is 3. The third-order valence-corrected chi connectivity index (χ3v) is 6.88. The number of carbonyl (C=O) groups excluding carboxylic acids is 2. The predicted octanol–water partition coefficient (Wildman–Crippen LogP) is 4.91. The van der Waals surface area contributed by atoms with Crippen LogP contribution in [0.25, 0.3) is 10.8 Å². The molecule has 1 atom stereocenters. The van der Waals surface area contributed by atoms with Gasteiger partial charge in [-0.1, -0.05) is 59.9 Å². The number of anilines is 1. The van der Waals surface area contributed by atoms with Crippen LogP contribution in [0.2, 0.25) is 0 Å². The quantitative estimate of drug-likeness (QED) is 0.446. The van der Waals surface area contributed by atoms with Crippen LogP contribution in [0.4, 0.5) is 9.52 Å². The molecule has 4 aromatic rings. The molecule has 0 radical (unpaired) electrons. The zero-order chi connectivity index (χ0) is 23.5. The lowest BCUT2D eigenvalue weighted by Gasteiger charge is -2.32. The van der Waals surface area contributed by atoms with Crippen molar-refractivity contribution in [2.45, 2.75) is 19.3 Å². The summed E-state index contributed by atoms with van der Waals surface area (Å²) in [5.74, 6) is -0.829. The second kappa shape index (κ2) is 9.69. The van der Waals surface area contributed by atoms with E-state index in [1.807, 2.05) is 48.5 Å². The van der Waals surface area contributed by atoms with Gasteiger partial charge in [0.05, 0.1) is 5.92 Å². The number of nitrogens with one attached hydrogen (secondary N) is 1. The highest BCUT2D eigenvalue weighted by Crippen LogP contribution is 2.25. The van der Waals surface area contributed by atoms with Crippen LogP contribution in [0, 0.1) is 11.7 Å². The van der Waals surface area contributed by atoms with Crippen molar-refractivity contribution >= 4 is 39.1 Å². The lowest BCUT2D eigenvalue weighted by atomic mass is 9.95. The summed E-state index contributed by atoms with van der Waals surface area (Å²) in [6.45, 7) is 0.991. The summed E-state index contributed by atoms with van der Waals surface area (Å²) in [7, 11) is 0. The van der Waals surface area contributed by atoms with Crippen LogP contribution in [-0.2, 0) is 11.2 Å². The van der Waals surface area contributed by atoms with Crippen LogP contribution in [0.5, 0.6) is 0 Å². The Kier molecular flexibility index (Phi) is 6.31. The van der Waals surface area contributed by atoms with Gasteiger partial charge >= 0.3 is 0 Å². The lowest BCUT2D eigenvalue weighted by Crippen LogP contribution is -2.43. The largest absolute Gasteiger partial charge is 0.338 e. The van der Waals surface area contributed by atoms with Crippen molar-refractivity contribution in [1.29, 1.82) is 0 Å². The van der Waals surface area contributed by atoms with Crippen LogP contribution in [0.1, 0.15) is 33.8 Å². The Balaban J connectivity index is 1.24. The Morgan fingerprint density at radius 3 is 2.76 bits per heavy atom. The molecular formula is C26H23FN4O2S. The van der Waals surface area contributed by atoms with Gasteiger partial charge in [-0.05, 0) is 47.4 Å². The summed E-state index contributed by atoms with van der Waals surface area (Å²) < 4.78 is 13.4. The Hall–Kier alpha value is -3.65. The maximum atomic E-state index is 13.4. The lowest BCUT2D eigenvalue weighted by molar-refractivity contribution is -0.121. The zero-order valence-electron chi connectivity index (χ0n) is 18.4. The van der Waals surface area contributed by atoms with E-state index in [-0.39, 0.29) is 23.5 Å². The summed E-state index contributed by atoms with van der Waals surface area (Å²) in [4.78, 5) is 28.0. The highest BCUT2D eigenvalue weighted by Gasteiger charge is 2.30. The maximum absolute atomic E-state index is 13.4. The first kappa shape index (κ1) is 22.2. The fraction of sp³-hybridized carbons (Fsp3) is 0.231. The first-order chi connectivity index (χ1) is 16.6. The molecule has 8 heteroatoms. The summed E-state index contributed by atoms with van der Waals surface area (Å²) in [5, 5.41) is 14.1. The molecule has 1 aliphatic rings. The summed E-state index contributed by atoms with van der Waals surface area (Å²) in [5.41, 5.74) is 1.45. The van der Waals surface area contributed by atoms with Crippen molar-refractivity contribution < 1.29 is 14.0 Å². The molecule has 1 unspecified atom stereocenters. The first-order valence-corrected chi connectivity index (χ1v) is 12.0. The highest BCUT2D eigenvalue weighted by molar-refractivity contribution is 7.15. The normalized spacial score (nSPS) is 15.9. The molecule has 5 rings (SSSR count). The van der Waals surface area contributed by atoms with E-state index >= 15 is 0 Å². The van der Waals surface area contributed by atoms with Crippen LogP contribution in [0.3, 0.4) is 0 Å². The number of amides is 2. The van der Waals surface area contributed by atoms with Gasteiger partial charge in [-0.3, -0.25) is 9.59 Å². The number of carbonyl (C=O) groups is 2. The average Bonchev–Trinajstić information content (AvgIpc) is 3.29. The minimum Gasteiger partial charge on any atom is -0.338 e. The highest BCUT2D eigenvalue weighted by atomic mass is 32.1. The minimum atomic E-state index is -0.316. The van der Waals surface area contributed by atoms with Gasteiger partial charge in [-0.15, -0.1) is 10.2 Å². The van der Waals surface area contributed by atoms with E-state index in [9.17, 15) is 14.0 Å². The Morgan fingerprint density at radius 2 is 1.88 bits per heavy atom. The third kappa shape index (κ3) is 4.82. The van der Waals surface area contributed by atoms with Crippen molar-refractivity contribution in [1.82, 2.24) is 15.1 Å². The van der Waals surface area contributed by atoms with Gasteiger partial charge in [-0.2, -0.15) is 0 Å². The van der Waals surface area contributed by atoms with E-state index in [0.29, 0.717) is 41.6 Å². The number of aromatic nitrogens is 2. The number of likely N-dealkylation sites (tertiary alicyclic amines) is 1. The van der Waals surface area contributed by atoms with Gasteiger partial charge in [-0.25, -0.2) is 4.39 Å². The first-order valence-electron chi connectivity index (χ1n) is 11.2. The van der Waals surface area contributed by atoms with E-state index in [1.165, 1.54) is 23.5 Å². The van der Waals surface area contributed by atoms with Gasteiger partial charge in [0, 0.05) is 25.1 Å². The van der Waals surface area contributed by atoms with Gasteiger partial charge in [0.2, 0.25) is 11.0 Å². The molecule has 34 heavy (non-hydrogen) atoms. The Bertz CT molecular complexity index is 1350. The smallest absolute Gasteiger partial charge is 0.254 e. The van der Waals surface area contributed by atoms with Gasteiger partial charge in [0.15, 0.2) is 0 Å². The van der Waals surface area contributed by atoms with Crippen LogP contribution in [-0.4, -0.2) is 40.0 Å². The molecule has 2 heterocycles. The second-order valence-electron chi connectivity index (χ2n) is 8.41. The number of halogens is 1. The molecule has 1 N–H and O–H groups in total. The molecule has 3 aromatic carbocycles. The second-order valence-corrected chi connectivity index (χ2v) is 9.48. The standard InChI is InChI=1S/C26H23FN4O2S/c27-20-10-3-6-17(14-20)15-23-29-30-26(34-23)28-24(32)19-9-5-13-31(16-19)25(33)22-12-4-8-18-7-1-2-11-21(18)22/h1-4,6-8,10-12,14,19H,5,9,13,15-16H2,(H,28,30,32). The number of benzene rings is 3. The molecule has 172 valence electrons. The number of hydrogen-bond donors (Lipinski definition) is 1. The van der Waals surface area contributed by atoms with Crippen LogP contribution >= 0.6 is 11.3 Å². The van der Waals surface area contributed by atoms with Crippen LogP contribution in [0.15, 0.2) is 66.7 Å². The van der Waals surface area contributed by atoms with Crippen LogP contribution < -0.4 is 5.32 Å². The zero-order valence-corrected chi connectivity index (χ0v) is 19.2. The average molecular weight is 475 g/mol. The Labute approximate surface area is 200 Å². The third-order valence-electron chi connectivity index (χ3n) is 6.04. The van der Waals surface area contributed by atoms with E-state index in [2.05, 4.69) is 15.5 Å². The topological polar surface area (TPSA) is 75.2 Å². The van der Waals surface area contributed by atoms with E-state index in [1.54, 1.807) is 11.0 Å². The van der Waals surface area contributed by atoms with Crippen molar-refractivity contribution in [3.8, 4) is 0 Å². The summed E-state index contributed by atoms with van der Waals surface area (Å²) in [6.07, 6.45) is 1.91.